The quantitative estimate of drug-likeness (QED) is 0.746. The number of carbonyl (C=O) groups excluding carboxylic acids is 2. The summed E-state index contributed by atoms with van der Waals surface area (Å²) in [4.78, 5) is 23.7. The maximum atomic E-state index is 12.3. The number of fused-ring (bicyclic) bond motifs is 1. The van der Waals surface area contributed by atoms with Gasteiger partial charge in [-0.15, -0.1) is 0 Å². The average Bonchev–Trinajstić information content (AvgIpc) is 2.91. The number of H-pyrrole nitrogens is 1. The molecule has 6 heteroatoms. The van der Waals surface area contributed by atoms with E-state index in [4.69, 9.17) is 0 Å². The van der Waals surface area contributed by atoms with Crippen molar-refractivity contribution in [2.45, 2.75) is 19.9 Å². The van der Waals surface area contributed by atoms with E-state index < -0.39 is 0 Å². The van der Waals surface area contributed by atoms with E-state index in [1.165, 1.54) is 6.92 Å². The molecular weight excluding hydrogens is 268 g/mol. The Labute approximate surface area is 121 Å². The Balaban J connectivity index is 1.82. The number of Topliss-reactive ketones (excluding diaryl/α,β-unsaturated/α-hetero) is 1. The number of hydrogen-bond acceptors (Lipinski definition) is 4. The molecule has 1 aromatic heterocycles. The van der Waals surface area contributed by atoms with Gasteiger partial charge in [0, 0.05) is 42.0 Å². The molecule has 1 amide bonds. The highest BCUT2D eigenvalue weighted by Crippen LogP contribution is 2.18. The third kappa shape index (κ3) is 2.71. The largest absolute Gasteiger partial charge is 0.321 e. The maximum absolute atomic E-state index is 12.3. The number of rotatable bonds is 3. The first-order valence-corrected chi connectivity index (χ1v) is 6.84. The van der Waals surface area contributed by atoms with Gasteiger partial charge < -0.3 is 10.6 Å². The Morgan fingerprint density at radius 2 is 2.19 bits per heavy atom. The fourth-order valence-corrected chi connectivity index (χ4v) is 2.42. The lowest BCUT2D eigenvalue weighted by molar-refractivity contribution is 0.100. The van der Waals surface area contributed by atoms with E-state index >= 15 is 0 Å². The summed E-state index contributed by atoms with van der Waals surface area (Å²) in [5.41, 5.74) is 3.50. The summed E-state index contributed by atoms with van der Waals surface area (Å²) in [5.74, 6) is -0.302. The van der Waals surface area contributed by atoms with Crippen LogP contribution in [0, 0.1) is 0 Å². The number of aromatic amines is 1. The molecule has 0 aliphatic carbocycles. The molecule has 2 heterocycles. The number of carbonyl (C=O) groups is 2. The lowest BCUT2D eigenvalue weighted by Crippen LogP contribution is -2.25. The van der Waals surface area contributed by atoms with Crippen LogP contribution in [0.3, 0.4) is 0 Å². The van der Waals surface area contributed by atoms with Crippen LogP contribution < -0.4 is 10.6 Å². The highest BCUT2D eigenvalue weighted by molar-refractivity contribution is 6.05. The second-order valence-corrected chi connectivity index (χ2v) is 5.05. The van der Waals surface area contributed by atoms with Crippen molar-refractivity contribution >= 4 is 17.4 Å². The van der Waals surface area contributed by atoms with Crippen molar-refractivity contribution in [1.82, 2.24) is 15.5 Å². The molecule has 0 bridgehead atoms. The maximum Gasteiger partial charge on any atom is 0.276 e. The zero-order chi connectivity index (χ0) is 14.8. The average molecular weight is 284 g/mol. The number of hydrogen-bond donors (Lipinski definition) is 3. The van der Waals surface area contributed by atoms with Crippen LogP contribution in [0.1, 0.15) is 39.0 Å². The Morgan fingerprint density at radius 1 is 1.33 bits per heavy atom. The van der Waals surface area contributed by atoms with Crippen LogP contribution in [0.15, 0.2) is 24.3 Å². The molecule has 6 nitrogen and oxygen atoms in total. The summed E-state index contributed by atoms with van der Waals surface area (Å²) in [6.45, 7) is 3.02. The van der Waals surface area contributed by atoms with Crippen LogP contribution >= 0.6 is 0 Å². The third-order valence-corrected chi connectivity index (χ3v) is 3.55. The summed E-state index contributed by atoms with van der Waals surface area (Å²) in [5, 5.41) is 13.0. The number of benzene rings is 1. The van der Waals surface area contributed by atoms with E-state index in [0.29, 0.717) is 23.5 Å². The molecule has 0 saturated heterocycles. The smallest absolute Gasteiger partial charge is 0.276 e. The number of nitrogens with one attached hydrogen (secondary N) is 3. The molecular formula is C15H16N4O2. The van der Waals surface area contributed by atoms with E-state index in [-0.39, 0.29) is 11.7 Å². The van der Waals surface area contributed by atoms with Gasteiger partial charge in [0.15, 0.2) is 11.5 Å². The Hall–Kier alpha value is -2.47. The zero-order valence-electron chi connectivity index (χ0n) is 11.7. The van der Waals surface area contributed by atoms with Crippen LogP contribution in [0.25, 0.3) is 0 Å². The predicted octanol–water partition coefficient (Wildman–Crippen LogP) is 1.51. The van der Waals surface area contributed by atoms with E-state index in [1.807, 2.05) is 0 Å². The zero-order valence-corrected chi connectivity index (χ0v) is 11.7. The van der Waals surface area contributed by atoms with Gasteiger partial charge >= 0.3 is 0 Å². The van der Waals surface area contributed by atoms with Gasteiger partial charge in [-0.05, 0) is 19.1 Å². The molecule has 0 radical (unpaired) electrons. The summed E-state index contributed by atoms with van der Waals surface area (Å²) in [6, 6.07) is 6.88. The van der Waals surface area contributed by atoms with Crippen molar-refractivity contribution in [2.75, 3.05) is 11.9 Å². The van der Waals surface area contributed by atoms with E-state index in [2.05, 4.69) is 20.8 Å². The van der Waals surface area contributed by atoms with Crippen molar-refractivity contribution in [3.63, 3.8) is 0 Å². The molecule has 1 aliphatic heterocycles. The van der Waals surface area contributed by atoms with Crippen molar-refractivity contribution in [3.8, 4) is 0 Å². The number of ketones is 1. The van der Waals surface area contributed by atoms with Gasteiger partial charge in [-0.1, -0.05) is 12.1 Å². The number of nitrogens with zero attached hydrogens (tertiary/aromatic N) is 1. The summed E-state index contributed by atoms with van der Waals surface area (Å²) in [6.07, 6.45) is 0.843. The number of aromatic nitrogens is 2. The van der Waals surface area contributed by atoms with Crippen LogP contribution in [-0.4, -0.2) is 28.4 Å². The second kappa shape index (κ2) is 5.49. The minimum Gasteiger partial charge on any atom is -0.321 e. The lowest BCUT2D eigenvalue weighted by atomic mass is 10.1. The van der Waals surface area contributed by atoms with Gasteiger partial charge in [-0.3, -0.25) is 14.7 Å². The van der Waals surface area contributed by atoms with Gasteiger partial charge in [0.1, 0.15) is 0 Å². The van der Waals surface area contributed by atoms with Gasteiger partial charge in [-0.2, -0.15) is 5.10 Å². The van der Waals surface area contributed by atoms with E-state index in [1.54, 1.807) is 24.3 Å². The first kappa shape index (κ1) is 13.5. The number of amides is 1. The van der Waals surface area contributed by atoms with Crippen molar-refractivity contribution in [3.05, 3.63) is 46.8 Å². The Morgan fingerprint density at radius 3 is 3.00 bits per heavy atom. The molecule has 0 unspecified atom stereocenters. The first-order chi connectivity index (χ1) is 10.1. The number of anilines is 1. The first-order valence-electron chi connectivity index (χ1n) is 6.84. The summed E-state index contributed by atoms with van der Waals surface area (Å²) < 4.78 is 0. The minimum absolute atomic E-state index is 0.0348. The summed E-state index contributed by atoms with van der Waals surface area (Å²) >= 11 is 0. The topological polar surface area (TPSA) is 86.9 Å². The molecule has 0 atom stereocenters. The Kier molecular flexibility index (Phi) is 3.53. The monoisotopic (exact) mass is 284 g/mol. The summed E-state index contributed by atoms with van der Waals surface area (Å²) in [7, 11) is 0. The molecule has 0 fully saturated rings. The highest BCUT2D eigenvalue weighted by Gasteiger charge is 2.21. The van der Waals surface area contributed by atoms with E-state index in [9.17, 15) is 9.59 Å². The Bertz CT molecular complexity index is 705. The molecule has 108 valence electrons. The molecule has 0 saturated carbocycles. The van der Waals surface area contributed by atoms with Crippen molar-refractivity contribution in [2.24, 2.45) is 0 Å². The van der Waals surface area contributed by atoms with Crippen LogP contribution in [0.4, 0.5) is 5.69 Å². The van der Waals surface area contributed by atoms with Gasteiger partial charge in [0.25, 0.3) is 5.91 Å². The van der Waals surface area contributed by atoms with Crippen molar-refractivity contribution < 1.29 is 9.59 Å². The van der Waals surface area contributed by atoms with Gasteiger partial charge in [0.2, 0.25) is 0 Å². The van der Waals surface area contributed by atoms with Gasteiger partial charge in [0.05, 0.1) is 0 Å². The molecule has 1 aliphatic rings. The van der Waals surface area contributed by atoms with Gasteiger partial charge in [-0.25, -0.2) is 0 Å². The highest BCUT2D eigenvalue weighted by atomic mass is 16.2. The molecule has 2 aromatic rings. The van der Waals surface area contributed by atoms with E-state index in [0.717, 1.165) is 24.2 Å². The molecule has 3 rings (SSSR count). The van der Waals surface area contributed by atoms with Crippen molar-refractivity contribution in [1.29, 1.82) is 0 Å². The fraction of sp³-hybridized carbons (Fsp3) is 0.267. The normalized spacial score (nSPS) is 13.6. The minimum atomic E-state index is -0.267. The standard InChI is InChI=1S/C15H16N4O2/c1-9(20)10-3-2-4-11(7-10)17-15(21)14-12-8-16-6-5-13(12)18-19-14/h2-4,7,16H,5-6,8H2,1H3,(H,17,21)(H,18,19). The molecule has 21 heavy (non-hydrogen) atoms. The van der Waals surface area contributed by atoms with Crippen LogP contribution in [0.2, 0.25) is 0 Å². The predicted molar refractivity (Wildman–Crippen MR) is 78.4 cm³/mol. The second-order valence-electron chi connectivity index (χ2n) is 5.05. The van der Waals surface area contributed by atoms with Crippen LogP contribution in [0.5, 0.6) is 0 Å². The fourth-order valence-electron chi connectivity index (χ4n) is 2.42. The lowest BCUT2D eigenvalue weighted by Gasteiger charge is -2.13. The molecule has 3 N–H and O–H groups in total. The third-order valence-electron chi connectivity index (χ3n) is 3.55. The van der Waals surface area contributed by atoms with Crippen LogP contribution in [-0.2, 0) is 13.0 Å². The SMILES string of the molecule is CC(=O)c1cccc(NC(=O)c2n[nH]c3c2CNCC3)c1. The molecule has 1 aromatic carbocycles. The molecule has 0 spiro atoms.